The molecule has 24 heavy (non-hydrogen) atoms. The maximum atomic E-state index is 4.63. The number of thioether (sulfide) groups is 1. The Morgan fingerprint density at radius 1 is 1.12 bits per heavy atom. The molecule has 0 spiro atoms. The number of piperazine rings is 1. The predicted molar refractivity (Wildman–Crippen MR) is 96.7 cm³/mol. The zero-order chi connectivity index (χ0) is 16.4. The first-order chi connectivity index (χ1) is 11.8. The lowest BCUT2D eigenvalue weighted by Crippen LogP contribution is -3.27. The topological polar surface area (TPSA) is 63.3 Å². The van der Waals surface area contributed by atoms with Crippen LogP contribution in [0.25, 0.3) is 22.1 Å². The van der Waals surface area contributed by atoms with Crippen molar-refractivity contribution in [2.24, 2.45) is 0 Å². The molecule has 0 aliphatic carbocycles. The Labute approximate surface area is 145 Å². The lowest BCUT2D eigenvalue weighted by molar-refractivity contribution is -1.00. The molecule has 1 saturated heterocycles. The molecule has 1 aromatic carbocycles. The zero-order valence-corrected chi connectivity index (χ0v) is 14.8. The molecule has 6 nitrogen and oxygen atoms in total. The number of H-pyrrole nitrogens is 1. The molecule has 126 valence electrons. The van der Waals surface area contributed by atoms with Gasteiger partial charge in [0.1, 0.15) is 31.7 Å². The Kier molecular flexibility index (Phi) is 4.64. The van der Waals surface area contributed by atoms with Gasteiger partial charge in [0.25, 0.3) is 0 Å². The van der Waals surface area contributed by atoms with Gasteiger partial charge >= 0.3 is 0 Å². The SMILES string of the molecule is C[NH+]1CC[NH+](CCCSc2nnc3c(n2)[nH]c2ccccc23)CC1. The normalized spacial score (nSPS) is 21.5. The fourth-order valence-electron chi connectivity index (χ4n) is 3.33. The van der Waals surface area contributed by atoms with Crippen LogP contribution >= 0.6 is 11.8 Å². The highest BCUT2D eigenvalue weighted by Gasteiger charge is 2.19. The minimum Gasteiger partial charge on any atom is -0.338 e. The number of likely N-dealkylation sites (N-methyl/N-ethyl adjacent to an activating group) is 1. The molecule has 0 radical (unpaired) electrons. The van der Waals surface area contributed by atoms with Crippen LogP contribution in [0.4, 0.5) is 0 Å². The standard InChI is InChI=1S/C17H22N6S/c1-22-8-10-23(11-9-22)7-4-12-24-17-19-16-15(20-21-17)13-5-2-3-6-14(13)18-16/h2-3,5-6H,4,7-12H2,1H3,(H,18,19,21)/p+2. The van der Waals surface area contributed by atoms with Gasteiger partial charge in [-0.1, -0.05) is 30.0 Å². The summed E-state index contributed by atoms with van der Waals surface area (Å²) in [6, 6.07) is 8.13. The molecule has 0 bridgehead atoms. The summed E-state index contributed by atoms with van der Waals surface area (Å²) in [5.41, 5.74) is 2.76. The van der Waals surface area contributed by atoms with E-state index in [0.717, 1.165) is 33.0 Å². The van der Waals surface area contributed by atoms with E-state index >= 15 is 0 Å². The lowest BCUT2D eigenvalue weighted by atomic mass is 10.2. The monoisotopic (exact) mass is 344 g/mol. The number of hydrogen-bond donors (Lipinski definition) is 3. The molecule has 3 heterocycles. The Hall–Kier alpha value is -1.70. The Morgan fingerprint density at radius 2 is 1.96 bits per heavy atom. The van der Waals surface area contributed by atoms with Gasteiger partial charge in [0.15, 0.2) is 5.65 Å². The molecule has 1 aliphatic heterocycles. The van der Waals surface area contributed by atoms with Crippen LogP contribution < -0.4 is 9.80 Å². The van der Waals surface area contributed by atoms with Crippen LogP contribution in [0, 0.1) is 0 Å². The third-order valence-electron chi connectivity index (χ3n) is 4.82. The van der Waals surface area contributed by atoms with E-state index in [1.807, 2.05) is 18.2 Å². The number of aromatic amines is 1. The van der Waals surface area contributed by atoms with Crippen LogP contribution in [0.2, 0.25) is 0 Å². The Bertz CT molecular complexity index is 824. The van der Waals surface area contributed by atoms with Crippen molar-refractivity contribution in [2.75, 3.05) is 45.5 Å². The third-order valence-corrected chi connectivity index (χ3v) is 5.74. The van der Waals surface area contributed by atoms with Gasteiger partial charge in [-0.3, -0.25) is 0 Å². The summed E-state index contributed by atoms with van der Waals surface area (Å²) in [5, 5.41) is 10.5. The second-order valence-electron chi connectivity index (χ2n) is 6.62. The first kappa shape index (κ1) is 15.8. The fraction of sp³-hybridized carbons (Fsp3) is 0.471. The number of fused-ring (bicyclic) bond motifs is 3. The van der Waals surface area contributed by atoms with Crippen LogP contribution in [-0.4, -0.2) is 65.7 Å². The first-order valence-electron chi connectivity index (χ1n) is 8.68. The predicted octanol–water partition coefficient (Wildman–Crippen LogP) is -0.598. The highest BCUT2D eigenvalue weighted by atomic mass is 32.2. The molecular weight excluding hydrogens is 320 g/mol. The summed E-state index contributed by atoms with van der Waals surface area (Å²) in [6.07, 6.45) is 1.20. The number of nitrogens with zero attached hydrogens (tertiary/aromatic N) is 3. The second kappa shape index (κ2) is 7.04. The Morgan fingerprint density at radius 3 is 2.83 bits per heavy atom. The minimum absolute atomic E-state index is 0.770. The molecule has 1 fully saturated rings. The van der Waals surface area contributed by atoms with E-state index < -0.39 is 0 Å². The van der Waals surface area contributed by atoms with E-state index in [1.165, 1.54) is 39.1 Å². The summed E-state index contributed by atoms with van der Waals surface area (Å²) in [6.45, 7) is 6.45. The van der Waals surface area contributed by atoms with Crippen molar-refractivity contribution in [3.63, 3.8) is 0 Å². The van der Waals surface area contributed by atoms with Crippen molar-refractivity contribution < 1.29 is 9.80 Å². The summed E-state index contributed by atoms with van der Waals surface area (Å²) < 4.78 is 0. The smallest absolute Gasteiger partial charge is 0.211 e. The average molecular weight is 344 g/mol. The van der Waals surface area contributed by atoms with Gasteiger partial charge in [0.05, 0.1) is 13.6 Å². The fourth-order valence-corrected chi connectivity index (χ4v) is 4.06. The lowest BCUT2D eigenvalue weighted by Gasteiger charge is -2.27. The van der Waals surface area contributed by atoms with E-state index in [2.05, 4.69) is 33.3 Å². The number of para-hydroxylation sites is 1. The van der Waals surface area contributed by atoms with Crippen molar-refractivity contribution in [1.82, 2.24) is 20.2 Å². The van der Waals surface area contributed by atoms with Crippen LogP contribution in [0.15, 0.2) is 29.4 Å². The molecule has 0 amide bonds. The largest absolute Gasteiger partial charge is 0.338 e. The molecule has 3 N–H and O–H groups in total. The summed E-state index contributed by atoms with van der Waals surface area (Å²) in [5.74, 6) is 1.06. The van der Waals surface area contributed by atoms with Crippen LogP contribution in [0.5, 0.6) is 0 Å². The zero-order valence-electron chi connectivity index (χ0n) is 14.0. The molecule has 3 aromatic rings. The van der Waals surface area contributed by atoms with Crippen molar-refractivity contribution in [1.29, 1.82) is 0 Å². The third kappa shape index (κ3) is 3.38. The van der Waals surface area contributed by atoms with Crippen LogP contribution in [-0.2, 0) is 0 Å². The van der Waals surface area contributed by atoms with Crippen molar-refractivity contribution in [2.45, 2.75) is 11.6 Å². The van der Waals surface area contributed by atoms with E-state index in [1.54, 1.807) is 21.6 Å². The molecule has 1 aliphatic rings. The second-order valence-corrected chi connectivity index (χ2v) is 7.68. The van der Waals surface area contributed by atoms with Gasteiger partial charge in [-0.05, 0) is 6.07 Å². The molecule has 0 atom stereocenters. The highest BCUT2D eigenvalue weighted by molar-refractivity contribution is 7.99. The van der Waals surface area contributed by atoms with Gasteiger partial charge in [0.2, 0.25) is 5.16 Å². The van der Waals surface area contributed by atoms with Crippen LogP contribution in [0.1, 0.15) is 6.42 Å². The molecule has 2 aromatic heterocycles. The quantitative estimate of drug-likeness (QED) is 0.427. The van der Waals surface area contributed by atoms with E-state index in [9.17, 15) is 0 Å². The maximum Gasteiger partial charge on any atom is 0.211 e. The van der Waals surface area contributed by atoms with Gasteiger partial charge in [-0.15, -0.1) is 10.2 Å². The molecular formula is C17H24N6S+2. The molecule has 7 heteroatoms. The number of rotatable bonds is 5. The summed E-state index contributed by atoms with van der Waals surface area (Å²) in [4.78, 5) is 11.4. The summed E-state index contributed by atoms with van der Waals surface area (Å²) in [7, 11) is 2.29. The first-order valence-corrected chi connectivity index (χ1v) is 9.67. The molecule has 0 saturated carbocycles. The average Bonchev–Trinajstić information content (AvgIpc) is 2.98. The van der Waals surface area contributed by atoms with Gasteiger partial charge in [-0.25, -0.2) is 4.98 Å². The molecule has 0 unspecified atom stereocenters. The van der Waals surface area contributed by atoms with Gasteiger partial charge < -0.3 is 14.8 Å². The minimum atomic E-state index is 0.770. The Balaban J connectivity index is 1.34. The maximum absolute atomic E-state index is 4.63. The number of hydrogen-bond acceptors (Lipinski definition) is 4. The van der Waals surface area contributed by atoms with Gasteiger partial charge in [-0.2, -0.15) is 0 Å². The van der Waals surface area contributed by atoms with Gasteiger partial charge in [0, 0.05) is 23.1 Å². The van der Waals surface area contributed by atoms with Crippen molar-refractivity contribution >= 4 is 33.8 Å². The molecule has 4 rings (SSSR count). The number of benzene rings is 1. The van der Waals surface area contributed by atoms with E-state index in [4.69, 9.17) is 0 Å². The number of aromatic nitrogens is 4. The number of nitrogens with one attached hydrogen (secondary N) is 3. The highest BCUT2D eigenvalue weighted by Crippen LogP contribution is 2.23. The van der Waals surface area contributed by atoms with E-state index in [-0.39, 0.29) is 0 Å². The van der Waals surface area contributed by atoms with Crippen molar-refractivity contribution in [3.05, 3.63) is 24.3 Å². The van der Waals surface area contributed by atoms with E-state index in [0.29, 0.717) is 0 Å². The number of quaternary nitrogens is 2. The van der Waals surface area contributed by atoms with Crippen LogP contribution in [0.3, 0.4) is 0 Å². The summed E-state index contributed by atoms with van der Waals surface area (Å²) >= 11 is 1.71. The van der Waals surface area contributed by atoms with Crippen molar-refractivity contribution in [3.8, 4) is 0 Å².